The largest absolute Gasteiger partial charge is 0.493 e. The van der Waals surface area contributed by atoms with Crippen LogP contribution in [-0.2, 0) is 17.8 Å². The molecule has 144 valence electrons. The molecule has 2 aromatic rings. The summed E-state index contributed by atoms with van der Waals surface area (Å²) in [5.74, 6) is 1.51. The monoisotopic (exact) mass is 388 g/mol. The zero-order valence-electron chi connectivity index (χ0n) is 16.0. The van der Waals surface area contributed by atoms with Crippen LogP contribution in [0.1, 0.15) is 23.1 Å². The number of nitrogens with zero attached hydrogens (tertiary/aromatic N) is 1. The normalized spacial score (nSPS) is 13.8. The van der Waals surface area contributed by atoms with Crippen LogP contribution in [0.3, 0.4) is 0 Å². The van der Waals surface area contributed by atoms with Gasteiger partial charge in [0.25, 0.3) is 0 Å². The van der Waals surface area contributed by atoms with Gasteiger partial charge in [0.1, 0.15) is 0 Å². The highest BCUT2D eigenvalue weighted by atomic mass is 35.5. The van der Waals surface area contributed by atoms with Gasteiger partial charge < -0.3 is 14.8 Å². The van der Waals surface area contributed by atoms with Gasteiger partial charge in [-0.3, -0.25) is 9.69 Å². The van der Waals surface area contributed by atoms with Gasteiger partial charge in [0.2, 0.25) is 5.91 Å². The molecule has 0 unspecified atom stereocenters. The molecule has 0 radical (unpaired) electrons. The zero-order chi connectivity index (χ0) is 19.4. The number of rotatable bonds is 6. The van der Waals surface area contributed by atoms with Crippen LogP contribution in [0.2, 0.25) is 5.02 Å². The molecule has 1 N–H and O–H groups in total. The van der Waals surface area contributed by atoms with Crippen LogP contribution in [0.5, 0.6) is 11.5 Å². The van der Waals surface area contributed by atoms with Crippen LogP contribution in [0.25, 0.3) is 0 Å². The van der Waals surface area contributed by atoms with E-state index in [9.17, 15) is 4.79 Å². The zero-order valence-corrected chi connectivity index (χ0v) is 16.7. The fourth-order valence-electron chi connectivity index (χ4n) is 3.35. The summed E-state index contributed by atoms with van der Waals surface area (Å²) in [5.41, 5.74) is 4.17. The lowest BCUT2D eigenvalue weighted by Crippen LogP contribution is -2.33. The predicted molar refractivity (Wildman–Crippen MR) is 108 cm³/mol. The van der Waals surface area contributed by atoms with Crippen molar-refractivity contribution in [3.63, 3.8) is 0 Å². The molecule has 5 nitrogen and oxygen atoms in total. The molecule has 0 atom stereocenters. The minimum absolute atomic E-state index is 0.00141. The Morgan fingerprint density at radius 2 is 1.89 bits per heavy atom. The van der Waals surface area contributed by atoms with E-state index in [-0.39, 0.29) is 5.91 Å². The standard InChI is InChI=1S/C21H25ClN2O3/c1-14-17(22)5-4-6-18(14)23-21(25)8-10-24-9-7-15-11-19(26-2)20(27-3)12-16(15)13-24/h4-6,11-12H,7-10,13H2,1-3H3,(H,23,25). The van der Waals surface area contributed by atoms with Crippen molar-refractivity contribution in [3.05, 3.63) is 52.0 Å². The van der Waals surface area contributed by atoms with Gasteiger partial charge in [-0.25, -0.2) is 0 Å². The first-order valence-corrected chi connectivity index (χ1v) is 9.40. The molecule has 3 rings (SSSR count). The van der Waals surface area contributed by atoms with Gasteiger partial charge in [0.05, 0.1) is 14.2 Å². The molecule has 1 heterocycles. The first-order chi connectivity index (χ1) is 13.0. The summed E-state index contributed by atoms with van der Waals surface area (Å²) in [6.07, 6.45) is 1.37. The van der Waals surface area contributed by atoms with Crippen LogP contribution in [0.15, 0.2) is 30.3 Å². The second-order valence-electron chi connectivity index (χ2n) is 6.71. The number of carbonyl (C=O) groups is 1. The van der Waals surface area contributed by atoms with Crippen molar-refractivity contribution in [3.8, 4) is 11.5 Å². The summed E-state index contributed by atoms with van der Waals surface area (Å²) < 4.78 is 10.8. The van der Waals surface area contributed by atoms with Gasteiger partial charge in [-0.2, -0.15) is 0 Å². The Labute approximate surface area is 165 Å². The van der Waals surface area contributed by atoms with Gasteiger partial charge in [0.15, 0.2) is 11.5 Å². The van der Waals surface area contributed by atoms with Gasteiger partial charge in [-0.05, 0) is 54.3 Å². The predicted octanol–water partition coefficient (Wildman–Crippen LogP) is 4.05. The quantitative estimate of drug-likeness (QED) is 0.811. The maximum Gasteiger partial charge on any atom is 0.225 e. The molecule has 0 aliphatic carbocycles. The Kier molecular flexibility index (Phi) is 6.24. The summed E-state index contributed by atoms with van der Waals surface area (Å²) in [5, 5.41) is 3.61. The Hall–Kier alpha value is -2.24. The van der Waals surface area contributed by atoms with E-state index >= 15 is 0 Å². The lowest BCUT2D eigenvalue weighted by molar-refractivity contribution is -0.116. The third kappa shape index (κ3) is 4.54. The number of nitrogens with one attached hydrogen (secondary N) is 1. The van der Waals surface area contributed by atoms with Gasteiger partial charge >= 0.3 is 0 Å². The topological polar surface area (TPSA) is 50.8 Å². The van der Waals surface area contributed by atoms with Gasteiger partial charge in [-0.15, -0.1) is 0 Å². The number of ether oxygens (including phenoxy) is 2. The highest BCUT2D eigenvalue weighted by Gasteiger charge is 2.20. The van der Waals surface area contributed by atoms with E-state index in [0.717, 1.165) is 42.3 Å². The molecule has 0 aromatic heterocycles. The number of hydrogen-bond acceptors (Lipinski definition) is 4. The Bertz CT molecular complexity index is 838. The third-order valence-electron chi connectivity index (χ3n) is 4.99. The summed E-state index contributed by atoms with van der Waals surface area (Å²) in [4.78, 5) is 14.6. The highest BCUT2D eigenvalue weighted by Crippen LogP contribution is 2.33. The Morgan fingerprint density at radius 3 is 2.59 bits per heavy atom. The van der Waals surface area contributed by atoms with Crippen LogP contribution in [0, 0.1) is 6.92 Å². The van der Waals surface area contributed by atoms with E-state index in [0.29, 0.717) is 18.0 Å². The first-order valence-electron chi connectivity index (χ1n) is 9.03. The molecular weight excluding hydrogens is 364 g/mol. The lowest BCUT2D eigenvalue weighted by Gasteiger charge is -2.29. The highest BCUT2D eigenvalue weighted by molar-refractivity contribution is 6.31. The van der Waals surface area contributed by atoms with E-state index in [4.69, 9.17) is 21.1 Å². The second kappa shape index (κ2) is 8.63. The summed E-state index contributed by atoms with van der Waals surface area (Å²) in [6, 6.07) is 9.63. The molecule has 0 fully saturated rings. The minimum Gasteiger partial charge on any atom is -0.493 e. The van der Waals surface area contributed by atoms with Crippen molar-refractivity contribution in [1.29, 1.82) is 0 Å². The van der Waals surface area contributed by atoms with Crippen LogP contribution in [0.4, 0.5) is 5.69 Å². The first kappa shape index (κ1) is 19.5. The molecule has 1 aliphatic heterocycles. The number of halogens is 1. The van der Waals surface area contributed by atoms with Crippen molar-refractivity contribution >= 4 is 23.2 Å². The Balaban J connectivity index is 1.58. The van der Waals surface area contributed by atoms with Crippen LogP contribution in [-0.4, -0.2) is 38.1 Å². The molecule has 1 aliphatic rings. The summed E-state index contributed by atoms with van der Waals surface area (Å²) >= 11 is 6.11. The molecular formula is C21H25ClN2O3. The van der Waals surface area contributed by atoms with Gasteiger partial charge in [0, 0.05) is 36.8 Å². The number of methoxy groups -OCH3 is 2. The molecule has 2 aromatic carbocycles. The van der Waals surface area contributed by atoms with E-state index < -0.39 is 0 Å². The molecule has 0 bridgehead atoms. The SMILES string of the molecule is COc1cc2c(cc1OC)CN(CCC(=O)Nc1cccc(Cl)c1C)CC2. The number of anilines is 1. The van der Waals surface area contributed by atoms with Crippen LogP contribution >= 0.6 is 11.6 Å². The number of carbonyl (C=O) groups excluding carboxylic acids is 1. The maximum atomic E-state index is 12.3. The van der Waals surface area contributed by atoms with Crippen molar-refractivity contribution in [1.82, 2.24) is 4.90 Å². The summed E-state index contributed by atoms with van der Waals surface area (Å²) in [7, 11) is 3.30. The van der Waals surface area contributed by atoms with Crippen molar-refractivity contribution in [2.75, 3.05) is 32.6 Å². The average Bonchev–Trinajstić information content (AvgIpc) is 2.68. The smallest absolute Gasteiger partial charge is 0.225 e. The molecule has 0 spiro atoms. The molecule has 27 heavy (non-hydrogen) atoms. The second-order valence-corrected chi connectivity index (χ2v) is 7.12. The van der Waals surface area contributed by atoms with E-state index in [1.165, 1.54) is 11.1 Å². The molecule has 0 saturated carbocycles. The summed E-state index contributed by atoms with van der Waals surface area (Å²) in [6.45, 7) is 4.34. The van der Waals surface area contributed by atoms with Crippen molar-refractivity contribution in [2.24, 2.45) is 0 Å². The Morgan fingerprint density at radius 1 is 1.19 bits per heavy atom. The van der Waals surface area contributed by atoms with E-state index in [2.05, 4.69) is 16.3 Å². The average molecular weight is 389 g/mol. The number of fused-ring (bicyclic) bond motifs is 1. The third-order valence-corrected chi connectivity index (χ3v) is 5.40. The van der Waals surface area contributed by atoms with E-state index in [1.807, 2.05) is 31.2 Å². The minimum atomic E-state index is -0.00141. The van der Waals surface area contributed by atoms with Gasteiger partial charge in [-0.1, -0.05) is 17.7 Å². The van der Waals surface area contributed by atoms with Crippen LogP contribution < -0.4 is 14.8 Å². The molecule has 0 saturated heterocycles. The fraction of sp³-hybridized carbons (Fsp3) is 0.381. The fourth-order valence-corrected chi connectivity index (χ4v) is 3.52. The van der Waals surface area contributed by atoms with Crippen molar-refractivity contribution in [2.45, 2.75) is 26.3 Å². The number of benzene rings is 2. The van der Waals surface area contributed by atoms with Crippen molar-refractivity contribution < 1.29 is 14.3 Å². The number of hydrogen-bond donors (Lipinski definition) is 1. The maximum absolute atomic E-state index is 12.3. The lowest BCUT2D eigenvalue weighted by atomic mass is 9.98. The van der Waals surface area contributed by atoms with E-state index in [1.54, 1.807) is 14.2 Å². The molecule has 1 amide bonds. The molecule has 6 heteroatoms. The number of amides is 1.